The van der Waals surface area contributed by atoms with E-state index in [1.807, 2.05) is 21.8 Å². The van der Waals surface area contributed by atoms with Crippen LogP contribution < -0.4 is 15.2 Å². The first-order valence-corrected chi connectivity index (χ1v) is 10.5. The lowest BCUT2D eigenvalue weighted by Gasteiger charge is -2.25. The van der Waals surface area contributed by atoms with Gasteiger partial charge in [0.2, 0.25) is 0 Å². The van der Waals surface area contributed by atoms with Crippen LogP contribution in [0.4, 0.5) is 0 Å². The first-order valence-electron chi connectivity index (χ1n) is 10.5. The van der Waals surface area contributed by atoms with Crippen molar-refractivity contribution in [2.45, 2.75) is 32.4 Å². The monoisotopic (exact) mass is 448 g/mol. The lowest BCUT2D eigenvalue weighted by Crippen LogP contribution is -2.38. The predicted octanol–water partition coefficient (Wildman–Crippen LogP) is 1.64. The van der Waals surface area contributed by atoms with Gasteiger partial charge in [0.15, 0.2) is 0 Å². The van der Waals surface area contributed by atoms with Gasteiger partial charge in [-0.05, 0) is 43.7 Å². The Morgan fingerprint density at radius 3 is 2.81 bits per heavy atom. The Morgan fingerprint density at radius 1 is 1.38 bits per heavy atom. The third-order valence-electron chi connectivity index (χ3n) is 4.61. The fraction of sp³-hybridized carbons (Fsp3) is 0.500. The van der Waals surface area contributed by atoms with Crippen molar-refractivity contribution in [1.82, 2.24) is 14.7 Å². The van der Waals surface area contributed by atoms with Gasteiger partial charge in [0.05, 0.1) is 31.9 Å². The average molecular weight is 449 g/mol. The smallest absolute Gasteiger partial charge is 0.300 e. The Bertz CT molecular complexity index is 839. The van der Waals surface area contributed by atoms with Gasteiger partial charge in [-0.15, -0.1) is 0 Å². The number of hydrogen-bond acceptors (Lipinski definition) is 7. The second kappa shape index (κ2) is 13.3. The van der Waals surface area contributed by atoms with Crippen molar-refractivity contribution in [2.75, 3.05) is 40.0 Å². The van der Waals surface area contributed by atoms with Gasteiger partial charge >= 0.3 is 0 Å². The highest BCUT2D eigenvalue weighted by molar-refractivity contribution is 5.97. The zero-order valence-electron chi connectivity index (χ0n) is 18.6. The van der Waals surface area contributed by atoms with Crippen LogP contribution in [0.5, 0.6) is 11.5 Å². The summed E-state index contributed by atoms with van der Waals surface area (Å²) in [5.41, 5.74) is 6.04. The van der Waals surface area contributed by atoms with E-state index in [9.17, 15) is 4.79 Å². The molecule has 0 bridgehead atoms. The van der Waals surface area contributed by atoms with Crippen molar-refractivity contribution in [3.63, 3.8) is 0 Å². The van der Waals surface area contributed by atoms with Gasteiger partial charge in [-0.25, -0.2) is 0 Å². The van der Waals surface area contributed by atoms with Crippen molar-refractivity contribution in [3.8, 4) is 11.5 Å². The molecule has 0 radical (unpaired) electrons. The molecule has 10 heteroatoms. The number of aromatic nitrogens is 2. The molecule has 176 valence electrons. The average Bonchev–Trinajstić information content (AvgIpc) is 3.17. The number of rotatable bonds is 8. The van der Waals surface area contributed by atoms with Gasteiger partial charge in [0, 0.05) is 39.0 Å². The number of methoxy groups -OCH3 is 1. The van der Waals surface area contributed by atoms with E-state index in [4.69, 9.17) is 29.8 Å². The number of nitrogens with two attached hydrogens (primary N) is 1. The lowest BCUT2D eigenvalue weighted by molar-refractivity contribution is -0.134. The van der Waals surface area contributed by atoms with Gasteiger partial charge in [-0.2, -0.15) is 5.10 Å². The van der Waals surface area contributed by atoms with Crippen LogP contribution in [0, 0.1) is 0 Å². The van der Waals surface area contributed by atoms with Crippen LogP contribution >= 0.6 is 0 Å². The molecule has 1 fully saturated rings. The maximum absolute atomic E-state index is 13.3. The highest BCUT2D eigenvalue weighted by atomic mass is 16.5. The maximum Gasteiger partial charge on any atom is 0.300 e. The molecule has 3 rings (SSSR count). The molecule has 1 aromatic carbocycles. The molecule has 1 unspecified atom stereocenters. The molecule has 1 saturated heterocycles. The zero-order chi connectivity index (χ0) is 23.3. The van der Waals surface area contributed by atoms with Crippen molar-refractivity contribution >= 4 is 11.9 Å². The Kier molecular flexibility index (Phi) is 10.5. The Labute approximate surface area is 187 Å². The van der Waals surface area contributed by atoms with Gasteiger partial charge in [0.25, 0.3) is 11.9 Å². The molecule has 32 heavy (non-hydrogen) atoms. The first-order chi connectivity index (χ1) is 15.4. The van der Waals surface area contributed by atoms with Gasteiger partial charge in [-0.3, -0.25) is 14.3 Å². The minimum Gasteiger partial charge on any atom is -0.497 e. The maximum atomic E-state index is 13.3. The molecule has 1 atom stereocenters. The number of aliphatic carboxylic acids is 1. The van der Waals surface area contributed by atoms with E-state index in [0.29, 0.717) is 56.5 Å². The van der Waals surface area contributed by atoms with Crippen molar-refractivity contribution in [1.29, 1.82) is 0 Å². The highest BCUT2D eigenvalue weighted by Gasteiger charge is 2.26. The van der Waals surface area contributed by atoms with Crippen LogP contribution in [-0.4, -0.2) is 77.7 Å². The van der Waals surface area contributed by atoms with Gasteiger partial charge in [-0.1, -0.05) is 0 Å². The summed E-state index contributed by atoms with van der Waals surface area (Å²) in [7, 11) is 1.58. The molecule has 3 N–H and O–H groups in total. The molecule has 1 amide bonds. The number of nitrogens with zero attached hydrogens (tertiary/aromatic N) is 3. The molecule has 1 aromatic heterocycles. The van der Waals surface area contributed by atoms with E-state index >= 15 is 0 Å². The van der Waals surface area contributed by atoms with E-state index < -0.39 is 5.97 Å². The number of hydrogen-bond donors (Lipinski definition) is 2. The number of carboxylic acid groups (broad SMARTS) is 1. The van der Waals surface area contributed by atoms with Crippen LogP contribution in [-0.2, 0) is 16.1 Å². The minimum atomic E-state index is -0.833. The molecule has 1 aliphatic rings. The number of carboxylic acids is 1. The molecule has 0 saturated carbocycles. The van der Waals surface area contributed by atoms with Crippen LogP contribution in [0.25, 0.3) is 0 Å². The minimum absolute atomic E-state index is 0.0855. The molecule has 2 aromatic rings. The second-order valence-corrected chi connectivity index (χ2v) is 7.20. The standard InChI is InChI=1S/C20H28N4O4.C2H4O2/c1-26-16-5-6-19(28-11-2-7-21)18(13-16)20(25)23-9-4-12-27-17(14-23)15-24-10-3-8-22-24;1-2(3)4/h3,5-6,8,10,13,17H,2,4,7,9,11-12,14-15,21H2,1H3;1H3,(H,3,4). The summed E-state index contributed by atoms with van der Waals surface area (Å²) in [6.45, 7) is 4.45. The number of ether oxygens (including phenoxy) is 3. The second-order valence-electron chi connectivity index (χ2n) is 7.20. The van der Waals surface area contributed by atoms with Crippen LogP contribution in [0.3, 0.4) is 0 Å². The number of amides is 1. The van der Waals surface area contributed by atoms with Crippen molar-refractivity contribution < 1.29 is 28.9 Å². The Hall–Kier alpha value is -3.11. The first kappa shape index (κ1) is 25.2. The number of benzene rings is 1. The van der Waals surface area contributed by atoms with Crippen molar-refractivity contribution in [2.24, 2.45) is 5.73 Å². The molecular weight excluding hydrogens is 416 g/mol. The molecular formula is C22H32N4O6. The van der Waals surface area contributed by atoms with E-state index in [-0.39, 0.29) is 12.0 Å². The quantitative estimate of drug-likeness (QED) is 0.583. The molecule has 2 heterocycles. The largest absolute Gasteiger partial charge is 0.497 e. The molecule has 0 aliphatic carbocycles. The molecule has 10 nitrogen and oxygen atoms in total. The SMILES string of the molecule is CC(=O)O.COc1ccc(OCCCN)c(C(=O)N2CCCOC(Cn3cccn3)C2)c1. The normalized spacial score (nSPS) is 15.8. The highest BCUT2D eigenvalue weighted by Crippen LogP contribution is 2.26. The zero-order valence-corrected chi connectivity index (χ0v) is 18.6. The molecule has 0 spiro atoms. The summed E-state index contributed by atoms with van der Waals surface area (Å²) < 4.78 is 18.9. The van der Waals surface area contributed by atoms with E-state index in [2.05, 4.69) is 5.10 Å². The van der Waals surface area contributed by atoms with E-state index in [1.54, 1.807) is 31.5 Å². The van der Waals surface area contributed by atoms with E-state index in [0.717, 1.165) is 19.8 Å². The summed E-state index contributed by atoms with van der Waals surface area (Å²) in [4.78, 5) is 24.1. The predicted molar refractivity (Wildman–Crippen MR) is 118 cm³/mol. The van der Waals surface area contributed by atoms with Crippen LogP contribution in [0.15, 0.2) is 36.7 Å². The van der Waals surface area contributed by atoms with Crippen LogP contribution in [0.1, 0.15) is 30.1 Å². The summed E-state index contributed by atoms with van der Waals surface area (Å²) >= 11 is 0. The van der Waals surface area contributed by atoms with Gasteiger partial charge in [0.1, 0.15) is 11.5 Å². The third-order valence-corrected chi connectivity index (χ3v) is 4.61. The van der Waals surface area contributed by atoms with Crippen LogP contribution in [0.2, 0.25) is 0 Å². The summed E-state index contributed by atoms with van der Waals surface area (Å²) in [5.74, 6) is 0.249. The van der Waals surface area contributed by atoms with Crippen molar-refractivity contribution in [3.05, 3.63) is 42.2 Å². The lowest BCUT2D eigenvalue weighted by atomic mass is 10.1. The number of carbonyl (C=O) groups excluding carboxylic acids is 1. The summed E-state index contributed by atoms with van der Waals surface area (Å²) in [5, 5.41) is 11.7. The fourth-order valence-corrected chi connectivity index (χ4v) is 3.17. The van der Waals surface area contributed by atoms with E-state index in [1.165, 1.54) is 0 Å². The third kappa shape index (κ3) is 8.20. The topological polar surface area (TPSA) is 129 Å². The Morgan fingerprint density at radius 2 is 2.16 bits per heavy atom. The van der Waals surface area contributed by atoms with Gasteiger partial charge < -0.3 is 30.0 Å². The molecule has 1 aliphatic heterocycles. The Balaban J connectivity index is 0.000000837. The summed E-state index contributed by atoms with van der Waals surface area (Å²) in [6.07, 6.45) is 5.03. The fourth-order valence-electron chi connectivity index (χ4n) is 3.17. The number of carbonyl (C=O) groups is 2. The summed E-state index contributed by atoms with van der Waals surface area (Å²) in [6, 6.07) is 7.17.